The fourth-order valence-electron chi connectivity index (χ4n) is 1.67. The Morgan fingerprint density at radius 3 is 1.85 bits per heavy atom. The molecule has 0 radical (unpaired) electrons. The number of aryl methyl sites for hydroxylation is 2. The zero-order valence-corrected chi connectivity index (χ0v) is 8.97. The summed E-state index contributed by atoms with van der Waals surface area (Å²) in [6, 6.07) is 0. The Morgan fingerprint density at radius 1 is 1.08 bits per heavy atom. The zero-order chi connectivity index (χ0) is 10.0. The second kappa shape index (κ2) is 3.73. The third kappa shape index (κ3) is 1.97. The largest absolute Gasteiger partial charge is 0.357 e. The lowest BCUT2D eigenvalue weighted by atomic mass is 10.0. The Bertz CT molecular complexity index is 282. The van der Waals surface area contributed by atoms with Gasteiger partial charge in [0.2, 0.25) is 5.95 Å². The van der Waals surface area contributed by atoms with E-state index in [1.54, 1.807) is 0 Å². The van der Waals surface area contributed by atoms with Gasteiger partial charge in [-0.2, -0.15) is 0 Å². The molecule has 0 atom stereocenters. The van der Waals surface area contributed by atoms with Crippen molar-refractivity contribution < 1.29 is 0 Å². The molecule has 0 amide bonds. The number of hydrogen-bond acceptors (Lipinski definition) is 3. The Hall–Kier alpha value is -1.12. The van der Waals surface area contributed by atoms with E-state index in [9.17, 15) is 0 Å². The molecule has 72 valence electrons. The number of rotatable bonds is 2. The Kier molecular flexibility index (Phi) is 2.86. The fourth-order valence-corrected chi connectivity index (χ4v) is 1.67. The monoisotopic (exact) mass is 179 g/mol. The van der Waals surface area contributed by atoms with Crippen molar-refractivity contribution in [1.29, 1.82) is 0 Å². The summed E-state index contributed by atoms with van der Waals surface area (Å²) in [4.78, 5) is 8.70. The summed E-state index contributed by atoms with van der Waals surface area (Å²) in [7, 11) is 1.84. The number of nitrogens with zero attached hydrogens (tertiary/aromatic N) is 2. The minimum atomic E-state index is 0.492. The first kappa shape index (κ1) is 9.96. The zero-order valence-electron chi connectivity index (χ0n) is 8.97. The van der Waals surface area contributed by atoms with Crippen LogP contribution in [-0.4, -0.2) is 17.0 Å². The summed E-state index contributed by atoms with van der Waals surface area (Å²) in [6.45, 7) is 8.39. The van der Waals surface area contributed by atoms with Crippen molar-refractivity contribution >= 4 is 5.95 Å². The molecule has 0 saturated heterocycles. The van der Waals surface area contributed by atoms with Crippen molar-refractivity contribution in [3.8, 4) is 0 Å². The SMILES string of the molecule is CNc1nc(C)c(C(C)C)c(C)n1. The summed E-state index contributed by atoms with van der Waals surface area (Å²) in [5.74, 6) is 1.20. The maximum Gasteiger partial charge on any atom is 0.222 e. The second-order valence-corrected chi connectivity index (χ2v) is 3.54. The molecular weight excluding hydrogens is 162 g/mol. The third-order valence-electron chi connectivity index (χ3n) is 2.13. The van der Waals surface area contributed by atoms with E-state index >= 15 is 0 Å². The van der Waals surface area contributed by atoms with Gasteiger partial charge >= 0.3 is 0 Å². The molecule has 0 aliphatic carbocycles. The average molecular weight is 179 g/mol. The minimum Gasteiger partial charge on any atom is -0.357 e. The van der Waals surface area contributed by atoms with Crippen molar-refractivity contribution in [2.24, 2.45) is 0 Å². The first-order chi connectivity index (χ1) is 6.06. The van der Waals surface area contributed by atoms with Crippen LogP contribution in [0.1, 0.15) is 36.7 Å². The third-order valence-corrected chi connectivity index (χ3v) is 2.13. The average Bonchev–Trinajstić information content (AvgIpc) is 2.02. The number of anilines is 1. The number of nitrogens with one attached hydrogen (secondary N) is 1. The van der Waals surface area contributed by atoms with Gasteiger partial charge in [0, 0.05) is 18.4 Å². The lowest BCUT2D eigenvalue weighted by Gasteiger charge is -2.12. The van der Waals surface area contributed by atoms with E-state index in [2.05, 4.69) is 29.1 Å². The molecule has 1 aromatic rings. The van der Waals surface area contributed by atoms with Crippen molar-refractivity contribution in [3.63, 3.8) is 0 Å². The summed E-state index contributed by atoms with van der Waals surface area (Å²) in [5.41, 5.74) is 3.41. The van der Waals surface area contributed by atoms with E-state index in [0.29, 0.717) is 11.9 Å². The van der Waals surface area contributed by atoms with E-state index in [0.717, 1.165) is 11.4 Å². The van der Waals surface area contributed by atoms with Gasteiger partial charge in [0.05, 0.1) is 0 Å². The molecule has 0 aliphatic rings. The summed E-state index contributed by atoms with van der Waals surface area (Å²) in [6.07, 6.45) is 0. The molecule has 1 N–H and O–H groups in total. The second-order valence-electron chi connectivity index (χ2n) is 3.54. The van der Waals surface area contributed by atoms with Crippen LogP contribution >= 0.6 is 0 Å². The van der Waals surface area contributed by atoms with Gasteiger partial charge in [0.1, 0.15) is 0 Å². The van der Waals surface area contributed by atoms with Crippen molar-refractivity contribution in [2.45, 2.75) is 33.6 Å². The summed E-state index contributed by atoms with van der Waals surface area (Å²) < 4.78 is 0. The molecular formula is C10H17N3. The van der Waals surface area contributed by atoms with Gasteiger partial charge in [-0.3, -0.25) is 0 Å². The first-order valence-electron chi connectivity index (χ1n) is 4.59. The molecule has 0 aliphatic heterocycles. The van der Waals surface area contributed by atoms with E-state index < -0.39 is 0 Å². The number of hydrogen-bond donors (Lipinski definition) is 1. The van der Waals surface area contributed by atoms with Crippen LogP contribution in [-0.2, 0) is 0 Å². The maximum absolute atomic E-state index is 4.35. The smallest absolute Gasteiger partial charge is 0.222 e. The van der Waals surface area contributed by atoms with Crippen molar-refractivity contribution in [2.75, 3.05) is 12.4 Å². The van der Waals surface area contributed by atoms with Crippen LogP contribution in [0.5, 0.6) is 0 Å². The van der Waals surface area contributed by atoms with Crippen LogP contribution in [0.3, 0.4) is 0 Å². The molecule has 0 bridgehead atoms. The maximum atomic E-state index is 4.35. The van der Waals surface area contributed by atoms with Gasteiger partial charge in [-0.15, -0.1) is 0 Å². The van der Waals surface area contributed by atoms with Crippen LogP contribution < -0.4 is 5.32 Å². The van der Waals surface area contributed by atoms with Gasteiger partial charge in [0.25, 0.3) is 0 Å². The molecule has 1 rings (SSSR count). The standard InChI is InChI=1S/C10H17N3/c1-6(2)9-7(3)12-10(11-5)13-8(9)4/h6H,1-5H3,(H,11,12,13). The lowest BCUT2D eigenvalue weighted by molar-refractivity contribution is 0.813. The molecule has 0 unspecified atom stereocenters. The van der Waals surface area contributed by atoms with E-state index in [-0.39, 0.29) is 0 Å². The Balaban J connectivity index is 3.23. The van der Waals surface area contributed by atoms with Gasteiger partial charge in [0.15, 0.2) is 0 Å². The molecule has 0 spiro atoms. The quantitative estimate of drug-likeness (QED) is 0.756. The predicted molar refractivity (Wildman–Crippen MR) is 55.1 cm³/mol. The lowest BCUT2D eigenvalue weighted by Crippen LogP contribution is -2.06. The highest BCUT2D eigenvalue weighted by molar-refractivity contribution is 5.34. The molecule has 1 heterocycles. The van der Waals surface area contributed by atoms with Crippen LogP contribution in [0.2, 0.25) is 0 Å². The van der Waals surface area contributed by atoms with Gasteiger partial charge < -0.3 is 5.32 Å². The van der Waals surface area contributed by atoms with Crippen molar-refractivity contribution in [1.82, 2.24) is 9.97 Å². The van der Waals surface area contributed by atoms with Gasteiger partial charge in [-0.25, -0.2) is 9.97 Å². The number of aromatic nitrogens is 2. The van der Waals surface area contributed by atoms with Crippen molar-refractivity contribution in [3.05, 3.63) is 17.0 Å². The van der Waals surface area contributed by atoms with E-state index in [1.807, 2.05) is 20.9 Å². The molecule has 0 saturated carbocycles. The predicted octanol–water partition coefficient (Wildman–Crippen LogP) is 2.26. The first-order valence-corrected chi connectivity index (χ1v) is 4.59. The van der Waals surface area contributed by atoms with Crippen LogP contribution in [0, 0.1) is 13.8 Å². The highest BCUT2D eigenvalue weighted by Crippen LogP contribution is 2.21. The Morgan fingerprint density at radius 2 is 1.54 bits per heavy atom. The highest BCUT2D eigenvalue weighted by Gasteiger charge is 2.10. The van der Waals surface area contributed by atoms with Gasteiger partial charge in [-0.05, 0) is 25.3 Å². The fraction of sp³-hybridized carbons (Fsp3) is 0.600. The van der Waals surface area contributed by atoms with E-state index in [1.165, 1.54) is 5.56 Å². The molecule has 1 aromatic heterocycles. The van der Waals surface area contributed by atoms with Gasteiger partial charge in [-0.1, -0.05) is 13.8 Å². The molecule has 13 heavy (non-hydrogen) atoms. The van der Waals surface area contributed by atoms with Crippen LogP contribution in [0.4, 0.5) is 5.95 Å². The molecule has 0 aromatic carbocycles. The van der Waals surface area contributed by atoms with Crippen LogP contribution in [0.25, 0.3) is 0 Å². The van der Waals surface area contributed by atoms with Crippen LogP contribution in [0.15, 0.2) is 0 Å². The topological polar surface area (TPSA) is 37.8 Å². The molecule has 3 nitrogen and oxygen atoms in total. The highest BCUT2D eigenvalue weighted by atomic mass is 15.1. The minimum absolute atomic E-state index is 0.492. The summed E-state index contributed by atoms with van der Waals surface area (Å²) in [5, 5.41) is 2.95. The molecule has 0 fully saturated rings. The Labute approximate surface area is 79.6 Å². The summed E-state index contributed by atoms with van der Waals surface area (Å²) >= 11 is 0. The molecule has 3 heteroatoms. The normalized spacial score (nSPS) is 10.6. The van der Waals surface area contributed by atoms with E-state index in [4.69, 9.17) is 0 Å².